The third kappa shape index (κ3) is 3.82. The Morgan fingerprint density at radius 1 is 1.00 bits per heavy atom. The third-order valence-corrected chi connectivity index (χ3v) is 4.26. The van der Waals surface area contributed by atoms with E-state index in [-0.39, 0.29) is 0 Å². The van der Waals surface area contributed by atoms with E-state index in [1.165, 1.54) is 0 Å². The second-order valence-corrected chi connectivity index (χ2v) is 6.20. The molecule has 2 aromatic rings. The lowest BCUT2D eigenvalue weighted by atomic mass is 10.1. The summed E-state index contributed by atoms with van der Waals surface area (Å²) in [7, 11) is 0. The first-order chi connectivity index (χ1) is 9.51. The van der Waals surface area contributed by atoms with Gasteiger partial charge >= 0.3 is 0 Å². The van der Waals surface area contributed by atoms with Gasteiger partial charge in [-0.05, 0) is 30.7 Å². The van der Waals surface area contributed by atoms with E-state index in [2.05, 4.69) is 15.9 Å². The first-order valence-electron chi connectivity index (χ1n) is 5.93. The Hall–Kier alpha value is -0.410. The summed E-state index contributed by atoms with van der Waals surface area (Å²) >= 11 is 21.8. The summed E-state index contributed by atoms with van der Waals surface area (Å²) in [6, 6.07) is 9.36. The van der Waals surface area contributed by atoms with Gasteiger partial charge in [0.2, 0.25) is 0 Å². The summed E-state index contributed by atoms with van der Waals surface area (Å²) in [5.74, 6) is 0.629. The molecular formula is C15H12BrCl3O. The molecule has 0 saturated heterocycles. The van der Waals surface area contributed by atoms with Crippen molar-refractivity contribution in [3.8, 4) is 5.75 Å². The number of halogens is 4. The summed E-state index contributed by atoms with van der Waals surface area (Å²) in [5, 5.41) is 2.39. The van der Waals surface area contributed by atoms with Crippen molar-refractivity contribution in [2.45, 2.75) is 18.9 Å². The van der Waals surface area contributed by atoms with Crippen molar-refractivity contribution < 1.29 is 4.74 Å². The third-order valence-electron chi connectivity index (χ3n) is 2.81. The van der Waals surface area contributed by atoms with Crippen LogP contribution in [0.4, 0.5) is 0 Å². The maximum atomic E-state index is 6.19. The highest BCUT2D eigenvalue weighted by atomic mass is 79.9. The second-order valence-electron chi connectivity index (χ2n) is 4.39. The smallest absolute Gasteiger partial charge is 0.142 e. The Bertz CT molecular complexity index is 629. The Morgan fingerprint density at radius 2 is 1.75 bits per heavy atom. The minimum atomic E-state index is 0.362. The summed E-state index contributed by atoms with van der Waals surface area (Å²) in [4.78, 5) is 0. The van der Waals surface area contributed by atoms with Crippen molar-refractivity contribution in [2.24, 2.45) is 0 Å². The van der Waals surface area contributed by atoms with E-state index in [1.807, 2.05) is 31.2 Å². The summed E-state index contributed by atoms with van der Waals surface area (Å²) < 4.78 is 5.82. The number of alkyl halides is 1. The molecule has 106 valence electrons. The molecule has 5 heteroatoms. The lowest BCUT2D eigenvalue weighted by molar-refractivity contribution is 0.304. The molecule has 0 fully saturated rings. The molecule has 0 bridgehead atoms. The van der Waals surface area contributed by atoms with Gasteiger partial charge in [-0.1, -0.05) is 62.9 Å². The van der Waals surface area contributed by atoms with E-state index in [4.69, 9.17) is 39.5 Å². The standard InChI is InChI=1S/C15H12BrCl3O/c1-9-2-3-10(13(18)4-9)8-20-15-11(7-16)5-12(17)6-14(15)19/h2-6H,7-8H2,1H3. The molecule has 0 radical (unpaired) electrons. The molecule has 0 spiro atoms. The van der Waals surface area contributed by atoms with Crippen molar-refractivity contribution in [1.29, 1.82) is 0 Å². The highest BCUT2D eigenvalue weighted by molar-refractivity contribution is 9.08. The molecule has 0 unspecified atom stereocenters. The maximum Gasteiger partial charge on any atom is 0.142 e. The summed E-state index contributed by atoms with van der Waals surface area (Å²) in [6.45, 7) is 2.36. The average Bonchev–Trinajstić information content (AvgIpc) is 2.38. The van der Waals surface area contributed by atoms with Crippen LogP contribution in [0.1, 0.15) is 16.7 Å². The molecule has 0 aromatic heterocycles. The van der Waals surface area contributed by atoms with Gasteiger partial charge in [-0.3, -0.25) is 0 Å². The number of rotatable bonds is 4. The Morgan fingerprint density at radius 3 is 2.40 bits per heavy atom. The van der Waals surface area contributed by atoms with Crippen LogP contribution in [0.2, 0.25) is 15.1 Å². The van der Waals surface area contributed by atoms with Gasteiger partial charge in [0, 0.05) is 26.5 Å². The van der Waals surface area contributed by atoms with Crippen LogP contribution >= 0.6 is 50.7 Å². The normalized spacial score (nSPS) is 10.7. The predicted molar refractivity (Wildman–Crippen MR) is 89.6 cm³/mol. The molecule has 0 aliphatic heterocycles. The SMILES string of the molecule is Cc1ccc(COc2c(Cl)cc(Cl)cc2CBr)c(Cl)c1. The molecule has 0 N–H and O–H groups in total. The molecule has 20 heavy (non-hydrogen) atoms. The molecule has 0 amide bonds. The van der Waals surface area contributed by atoms with Crippen LogP contribution < -0.4 is 4.74 Å². The fourth-order valence-electron chi connectivity index (χ4n) is 1.79. The molecular weight excluding hydrogens is 382 g/mol. The van der Waals surface area contributed by atoms with Crippen LogP contribution in [0, 0.1) is 6.92 Å². The van der Waals surface area contributed by atoms with E-state index in [0.29, 0.717) is 32.8 Å². The van der Waals surface area contributed by atoms with Gasteiger partial charge in [0.15, 0.2) is 0 Å². The van der Waals surface area contributed by atoms with Gasteiger partial charge < -0.3 is 4.74 Å². The van der Waals surface area contributed by atoms with Crippen LogP contribution in [-0.2, 0) is 11.9 Å². The highest BCUT2D eigenvalue weighted by Gasteiger charge is 2.11. The van der Waals surface area contributed by atoms with Gasteiger partial charge in [-0.2, -0.15) is 0 Å². The van der Waals surface area contributed by atoms with E-state index in [0.717, 1.165) is 16.7 Å². The van der Waals surface area contributed by atoms with Crippen molar-refractivity contribution in [3.63, 3.8) is 0 Å². The lowest BCUT2D eigenvalue weighted by Crippen LogP contribution is -1.99. The predicted octanol–water partition coefficient (Wildman–Crippen LogP) is 6.43. The van der Waals surface area contributed by atoms with Crippen LogP contribution in [0.5, 0.6) is 5.75 Å². The fraction of sp³-hybridized carbons (Fsp3) is 0.200. The van der Waals surface area contributed by atoms with Gasteiger partial charge in [-0.25, -0.2) is 0 Å². The Labute approximate surface area is 141 Å². The van der Waals surface area contributed by atoms with Gasteiger partial charge in [0.1, 0.15) is 12.4 Å². The minimum Gasteiger partial charge on any atom is -0.487 e. The Kier molecular flexibility index (Phi) is 5.62. The van der Waals surface area contributed by atoms with E-state index in [1.54, 1.807) is 6.07 Å². The van der Waals surface area contributed by atoms with Crippen molar-refractivity contribution >= 4 is 50.7 Å². The van der Waals surface area contributed by atoms with Gasteiger partial charge in [0.05, 0.1) is 5.02 Å². The summed E-state index contributed by atoms with van der Waals surface area (Å²) in [6.07, 6.45) is 0. The molecule has 2 rings (SSSR count). The Balaban J connectivity index is 2.22. The van der Waals surface area contributed by atoms with Gasteiger partial charge in [0.25, 0.3) is 0 Å². The molecule has 0 heterocycles. The van der Waals surface area contributed by atoms with E-state index < -0.39 is 0 Å². The molecule has 2 aromatic carbocycles. The minimum absolute atomic E-state index is 0.362. The number of hydrogen-bond donors (Lipinski definition) is 0. The summed E-state index contributed by atoms with van der Waals surface area (Å²) in [5.41, 5.74) is 2.94. The monoisotopic (exact) mass is 392 g/mol. The van der Waals surface area contributed by atoms with E-state index >= 15 is 0 Å². The topological polar surface area (TPSA) is 9.23 Å². The average molecular weight is 395 g/mol. The zero-order chi connectivity index (χ0) is 14.7. The first-order valence-corrected chi connectivity index (χ1v) is 8.18. The van der Waals surface area contributed by atoms with Gasteiger partial charge in [-0.15, -0.1) is 0 Å². The van der Waals surface area contributed by atoms with Crippen LogP contribution in [0.15, 0.2) is 30.3 Å². The number of ether oxygens (including phenoxy) is 1. The second kappa shape index (κ2) is 7.04. The molecule has 0 saturated carbocycles. The highest BCUT2D eigenvalue weighted by Crippen LogP contribution is 2.34. The van der Waals surface area contributed by atoms with Crippen molar-refractivity contribution in [2.75, 3.05) is 0 Å². The quantitative estimate of drug-likeness (QED) is 0.543. The molecule has 0 aliphatic rings. The molecule has 0 aliphatic carbocycles. The molecule has 1 nitrogen and oxygen atoms in total. The fourth-order valence-corrected chi connectivity index (χ4v) is 3.09. The number of hydrogen-bond acceptors (Lipinski definition) is 1. The lowest BCUT2D eigenvalue weighted by Gasteiger charge is -2.13. The first kappa shape index (κ1) is 16.0. The number of aryl methyl sites for hydroxylation is 1. The maximum absolute atomic E-state index is 6.19. The van der Waals surface area contributed by atoms with E-state index in [9.17, 15) is 0 Å². The van der Waals surface area contributed by atoms with Crippen molar-refractivity contribution in [3.05, 3.63) is 62.1 Å². The van der Waals surface area contributed by atoms with Crippen LogP contribution in [-0.4, -0.2) is 0 Å². The van der Waals surface area contributed by atoms with Crippen molar-refractivity contribution in [1.82, 2.24) is 0 Å². The largest absolute Gasteiger partial charge is 0.487 e. The van der Waals surface area contributed by atoms with Crippen LogP contribution in [0.3, 0.4) is 0 Å². The van der Waals surface area contributed by atoms with Crippen LogP contribution in [0.25, 0.3) is 0 Å². The number of benzene rings is 2. The zero-order valence-corrected chi connectivity index (χ0v) is 14.6. The zero-order valence-electron chi connectivity index (χ0n) is 10.7. The molecule has 0 atom stereocenters.